The Morgan fingerprint density at radius 3 is 2.69 bits per heavy atom. The third kappa shape index (κ3) is 10.3. The predicted octanol–water partition coefficient (Wildman–Crippen LogP) is 0.139. The van der Waals surface area contributed by atoms with Gasteiger partial charge in [0.2, 0.25) is 0 Å². The second-order valence-electron chi connectivity index (χ2n) is 2.79. The number of nitrogens with one attached hydrogen (secondary N) is 1. The van der Waals surface area contributed by atoms with Gasteiger partial charge in [0.1, 0.15) is 0 Å². The molecule has 0 aliphatic heterocycles. The van der Waals surface area contributed by atoms with Gasteiger partial charge in [-0.3, -0.25) is 0 Å². The fourth-order valence-electron chi connectivity index (χ4n) is 0.817. The Morgan fingerprint density at radius 1 is 1.62 bits per heavy atom. The van der Waals surface area contributed by atoms with Crippen LogP contribution >= 0.6 is 18.2 Å². The topological polar surface area (TPSA) is 95.6 Å². The summed E-state index contributed by atoms with van der Waals surface area (Å²) in [4.78, 5) is 17.1. The van der Waals surface area contributed by atoms with E-state index in [-0.39, 0.29) is 6.04 Å². The summed E-state index contributed by atoms with van der Waals surface area (Å²) in [6.07, 6.45) is 1.72. The van der Waals surface area contributed by atoms with Crippen molar-refractivity contribution in [3.63, 3.8) is 0 Å². The number of hydrogen-bond acceptors (Lipinski definition) is 4. The largest absolute Gasteiger partial charge is 0.384 e. The number of hydrogen-bond donors (Lipinski definition) is 4. The molecule has 0 saturated heterocycles. The first-order valence-electron chi connectivity index (χ1n) is 4.06. The first kappa shape index (κ1) is 13.4. The minimum absolute atomic E-state index is 0.133. The summed E-state index contributed by atoms with van der Waals surface area (Å²) < 4.78 is 10.5. The first-order valence-corrected chi connectivity index (χ1v) is 7.26. The molecule has 7 heteroatoms. The Labute approximate surface area is 82.4 Å². The average molecular weight is 228 g/mol. The van der Waals surface area contributed by atoms with Crippen LogP contribution in [-0.4, -0.2) is 35.2 Å². The second kappa shape index (κ2) is 6.81. The summed E-state index contributed by atoms with van der Waals surface area (Å²) in [6.45, 7) is -3.05. The summed E-state index contributed by atoms with van der Waals surface area (Å²) in [6, 6.07) is -0.133. The highest BCUT2D eigenvalue weighted by atomic mass is 32.7. The summed E-state index contributed by atoms with van der Waals surface area (Å²) >= 11 is 0.621. The molecule has 0 fully saturated rings. The molecule has 80 valence electrons. The van der Waals surface area contributed by atoms with E-state index in [4.69, 9.17) is 15.5 Å². The Balaban J connectivity index is 3.40. The third-order valence-electron chi connectivity index (χ3n) is 1.46. The van der Waals surface area contributed by atoms with Crippen LogP contribution in [0.1, 0.15) is 12.8 Å². The molecule has 0 heterocycles. The molecule has 1 unspecified atom stereocenters. The molecule has 5 nitrogen and oxygen atoms in total. The molecular weight excluding hydrogens is 211 g/mol. The molecule has 0 spiro atoms. The summed E-state index contributed by atoms with van der Waals surface area (Å²) in [5, 5.41) is 2.98. The van der Waals surface area contributed by atoms with Crippen molar-refractivity contribution in [2.75, 3.05) is 19.3 Å². The van der Waals surface area contributed by atoms with Crippen LogP contribution in [0.4, 0.5) is 0 Å². The van der Waals surface area contributed by atoms with Crippen LogP contribution in [0, 0.1) is 0 Å². The quantitative estimate of drug-likeness (QED) is 0.365. The van der Waals surface area contributed by atoms with Gasteiger partial charge in [0, 0.05) is 11.8 Å². The summed E-state index contributed by atoms with van der Waals surface area (Å²) in [5.41, 5.74) is 5.63. The van der Waals surface area contributed by atoms with Gasteiger partial charge in [-0.05, 0) is 37.8 Å². The zero-order valence-corrected chi connectivity index (χ0v) is 9.35. The Bertz CT molecular complexity index is 175. The van der Waals surface area contributed by atoms with Crippen molar-refractivity contribution in [3.05, 3.63) is 0 Å². The monoisotopic (exact) mass is 228 g/mol. The maximum atomic E-state index is 10.5. The van der Waals surface area contributed by atoms with E-state index in [1.165, 1.54) is 0 Å². The van der Waals surface area contributed by atoms with Gasteiger partial charge in [-0.2, -0.15) is 0 Å². The van der Waals surface area contributed by atoms with Crippen LogP contribution in [0.3, 0.4) is 0 Å². The van der Waals surface area contributed by atoms with Crippen molar-refractivity contribution >= 4 is 18.2 Å². The Morgan fingerprint density at radius 2 is 2.23 bits per heavy atom. The van der Waals surface area contributed by atoms with Crippen molar-refractivity contribution in [2.24, 2.45) is 5.73 Å². The summed E-state index contributed by atoms with van der Waals surface area (Å²) in [5.74, 6) is 0.313. The van der Waals surface area contributed by atoms with Crippen LogP contribution in [0.15, 0.2) is 0 Å². The van der Waals surface area contributed by atoms with E-state index in [1.54, 1.807) is 0 Å². The van der Waals surface area contributed by atoms with Gasteiger partial charge >= 0.3 is 6.80 Å². The molecule has 0 aliphatic carbocycles. The molecule has 0 radical (unpaired) electrons. The molecule has 0 aromatic carbocycles. The van der Waals surface area contributed by atoms with E-state index in [9.17, 15) is 4.57 Å². The van der Waals surface area contributed by atoms with Crippen LogP contribution in [0.5, 0.6) is 0 Å². The van der Waals surface area contributed by atoms with Crippen LogP contribution in [-0.2, 0) is 4.57 Å². The van der Waals surface area contributed by atoms with E-state index in [2.05, 4.69) is 5.32 Å². The standard InChI is InChI=1S/C6H17N2O3PS/c1-8-4-2-3-6(7)5-13-12(9,10)11/h6,8H,2-5,7H2,1H3,(H2,9,10,11). The zero-order chi connectivity index (χ0) is 10.3. The smallest absolute Gasteiger partial charge is 0.327 e. The molecule has 13 heavy (non-hydrogen) atoms. The summed E-state index contributed by atoms with van der Waals surface area (Å²) in [7, 11) is 1.86. The molecule has 0 aromatic heterocycles. The van der Waals surface area contributed by atoms with Gasteiger partial charge in [-0.1, -0.05) is 0 Å². The Kier molecular flexibility index (Phi) is 7.03. The second-order valence-corrected chi connectivity index (χ2v) is 6.57. The molecule has 1 atom stereocenters. The highest BCUT2D eigenvalue weighted by Crippen LogP contribution is 2.50. The minimum atomic E-state index is -3.94. The molecule has 0 amide bonds. The third-order valence-corrected chi connectivity index (χ3v) is 3.83. The fourth-order valence-corrected chi connectivity index (χ4v) is 2.53. The van der Waals surface area contributed by atoms with E-state index in [1.807, 2.05) is 7.05 Å². The van der Waals surface area contributed by atoms with Gasteiger partial charge in [0.15, 0.2) is 0 Å². The van der Waals surface area contributed by atoms with Gasteiger partial charge < -0.3 is 20.8 Å². The van der Waals surface area contributed by atoms with Crippen molar-refractivity contribution in [1.82, 2.24) is 5.32 Å². The fraction of sp³-hybridized carbons (Fsp3) is 1.00. The molecule has 0 rings (SSSR count). The maximum Gasteiger partial charge on any atom is 0.384 e. The lowest BCUT2D eigenvalue weighted by Crippen LogP contribution is -2.24. The normalized spacial score (nSPS) is 14.5. The molecule has 0 aliphatic rings. The van der Waals surface area contributed by atoms with E-state index in [0.717, 1.165) is 19.4 Å². The van der Waals surface area contributed by atoms with Crippen LogP contribution in [0.2, 0.25) is 0 Å². The lowest BCUT2D eigenvalue weighted by Gasteiger charge is -2.10. The van der Waals surface area contributed by atoms with E-state index < -0.39 is 6.80 Å². The van der Waals surface area contributed by atoms with E-state index >= 15 is 0 Å². The highest BCUT2D eigenvalue weighted by Gasteiger charge is 2.15. The SMILES string of the molecule is CNCCCC(N)CSP(=O)(O)O. The highest BCUT2D eigenvalue weighted by molar-refractivity contribution is 8.54. The van der Waals surface area contributed by atoms with Gasteiger partial charge in [-0.15, -0.1) is 0 Å². The van der Waals surface area contributed by atoms with Crippen molar-refractivity contribution in [1.29, 1.82) is 0 Å². The minimum Gasteiger partial charge on any atom is -0.327 e. The van der Waals surface area contributed by atoms with Crippen molar-refractivity contribution < 1.29 is 14.4 Å². The molecule has 0 aromatic rings. The molecule has 5 N–H and O–H groups in total. The number of nitrogens with two attached hydrogens (primary N) is 1. The van der Waals surface area contributed by atoms with E-state index in [0.29, 0.717) is 17.1 Å². The Hall–Kier alpha value is 0.420. The van der Waals surface area contributed by atoms with Gasteiger partial charge in [0.25, 0.3) is 0 Å². The lowest BCUT2D eigenvalue weighted by atomic mass is 10.2. The number of rotatable bonds is 7. The van der Waals surface area contributed by atoms with Gasteiger partial charge in [-0.25, -0.2) is 4.57 Å². The van der Waals surface area contributed by atoms with Crippen LogP contribution < -0.4 is 11.1 Å². The van der Waals surface area contributed by atoms with Crippen molar-refractivity contribution in [3.8, 4) is 0 Å². The van der Waals surface area contributed by atoms with Crippen LogP contribution in [0.25, 0.3) is 0 Å². The molecule has 0 bridgehead atoms. The zero-order valence-electron chi connectivity index (χ0n) is 7.64. The first-order chi connectivity index (χ1) is 5.95. The molecule has 0 saturated carbocycles. The lowest BCUT2D eigenvalue weighted by molar-refractivity contribution is 0.396. The average Bonchev–Trinajstić information content (AvgIpc) is 2.00. The van der Waals surface area contributed by atoms with Crippen molar-refractivity contribution in [2.45, 2.75) is 18.9 Å². The van der Waals surface area contributed by atoms with Gasteiger partial charge in [0.05, 0.1) is 0 Å². The maximum absolute atomic E-state index is 10.5. The molecular formula is C6H17N2O3PS. The predicted molar refractivity (Wildman–Crippen MR) is 55.6 cm³/mol.